The molecular formula is C16H22BrN5O. The molecule has 23 heavy (non-hydrogen) atoms. The SMILES string of the molecule is Cc1cc(C)n(-c2nc(C)c(Br)c(N3C[C@H](C)O[C@@H](C)C3)n2)n1. The summed E-state index contributed by atoms with van der Waals surface area (Å²) >= 11 is 3.65. The normalized spacial score (nSPS) is 21.7. The van der Waals surface area contributed by atoms with Crippen LogP contribution in [0.2, 0.25) is 0 Å². The molecule has 0 saturated carbocycles. The molecule has 7 heteroatoms. The fourth-order valence-corrected chi connectivity index (χ4v) is 3.44. The number of nitrogens with zero attached hydrogens (tertiary/aromatic N) is 5. The smallest absolute Gasteiger partial charge is 0.253 e. The molecule has 1 aliphatic rings. The molecule has 0 aromatic carbocycles. The van der Waals surface area contributed by atoms with Crippen LogP contribution in [-0.4, -0.2) is 45.0 Å². The van der Waals surface area contributed by atoms with Gasteiger partial charge < -0.3 is 9.64 Å². The van der Waals surface area contributed by atoms with Gasteiger partial charge in [-0.1, -0.05) is 0 Å². The van der Waals surface area contributed by atoms with Crippen LogP contribution in [0.3, 0.4) is 0 Å². The average molecular weight is 380 g/mol. The number of morpholine rings is 1. The van der Waals surface area contributed by atoms with E-state index in [4.69, 9.17) is 9.72 Å². The lowest BCUT2D eigenvalue weighted by Crippen LogP contribution is -2.46. The molecule has 0 unspecified atom stereocenters. The monoisotopic (exact) mass is 379 g/mol. The lowest BCUT2D eigenvalue weighted by Gasteiger charge is -2.36. The lowest BCUT2D eigenvalue weighted by atomic mass is 10.2. The maximum atomic E-state index is 5.83. The van der Waals surface area contributed by atoms with E-state index < -0.39 is 0 Å². The zero-order valence-corrected chi connectivity index (χ0v) is 15.8. The third-order valence-corrected chi connectivity index (χ3v) is 4.83. The fraction of sp³-hybridized carbons (Fsp3) is 0.562. The molecule has 3 heterocycles. The number of aromatic nitrogens is 4. The zero-order valence-electron chi connectivity index (χ0n) is 14.2. The summed E-state index contributed by atoms with van der Waals surface area (Å²) in [6.45, 7) is 11.8. The molecule has 3 rings (SSSR count). The summed E-state index contributed by atoms with van der Waals surface area (Å²) in [5, 5.41) is 4.50. The summed E-state index contributed by atoms with van der Waals surface area (Å²) in [5.74, 6) is 1.51. The molecule has 1 saturated heterocycles. The molecule has 0 spiro atoms. The van der Waals surface area contributed by atoms with Gasteiger partial charge in [-0.15, -0.1) is 0 Å². The van der Waals surface area contributed by atoms with Gasteiger partial charge in [0.15, 0.2) is 0 Å². The quantitative estimate of drug-likeness (QED) is 0.802. The van der Waals surface area contributed by atoms with Gasteiger partial charge >= 0.3 is 0 Å². The van der Waals surface area contributed by atoms with E-state index in [1.807, 2.05) is 26.8 Å². The van der Waals surface area contributed by atoms with E-state index in [-0.39, 0.29) is 12.2 Å². The topological polar surface area (TPSA) is 56.1 Å². The Morgan fingerprint density at radius 2 is 1.78 bits per heavy atom. The number of rotatable bonds is 2. The summed E-state index contributed by atoms with van der Waals surface area (Å²) < 4.78 is 8.56. The lowest BCUT2D eigenvalue weighted by molar-refractivity contribution is -0.00551. The first-order valence-corrected chi connectivity index (χ1v) is 8.62. The molecule has 6 nitrogen and oxygen atoms in total. The van der Waals surface area contributed by atoms with Gasteiger partial charge in [-0.25, -0.2) is 9.67 Å². The van der Waals surface area contributed by atoms with Crippen LogP contribution in [0.1, 0.15) is 30.9 Å². The predicted octanol–water partition coefficient (Wildman–Crippen LogP) is 2.96. The second-order valence-electron chi connectivity index (χ2n) is 6.25. The summed E-state index contributed by atoms with van der Waals surface area (Å²) in [6, 6.07) is 2.03. The van der Waals surface area contributed by atoms with E-state index in [0.29, 0.717) is 5.95 Å². The number of halogens is 1. The van der Waals surface area contributed by atoms with Crippen molar-refractivity contribution in [3.05, 3.63) is 27.6 Å². The first-order chi connectivity index (χ1) is 10.8. The number of hydrogen-bond acceptors (Lipinski definition) is 5. The number of hydrogen-bond donors (Lipinski definition) is 0. The van der Waals surface area contributed by atoms with Crippen LogP contribution in [0.5, 0.6) is 0 Å². The molecule has 1 fully saturated rings. The van der Waals surface area contributed by atoms with Gasteiger partial charge in [0.25, 0.3) is 5.95 Å². The van der Waals surface area contributed by atoms with Crippen molar-refractivity contribution in [1.29, 1.82) is 0 Å². The molecule has 0 radical (unpaired) electrons. The van der Waals surface area contributed by atoms with Crippen molar-refractivity contribution in [2.75, 3.05) is 18.0 Å². The second-order valence-corrected chi connectivity index (χ2v) is 7.04. The Hall–Kier alpha value is -1.47. The summed E-state index contributed by atoms with van der Waals surface area (Å²) in [5.41, 5.74) is 2.89. The van der Waals surface area contributed by atoms with E-state index in [9.17, 15) is 0 Å². The Labute approximate surface area is 145 Å². The molecule has 0 aliphatic carbocycles. The van der Waals surface area contributed by atoms with Gasteiger partial charge in [0.1, 0.15) is 5.82 Å². The molecule has 124 valence electrons. The molecule has 0 bridgehead atoms. The van der Waals surface area contributed by atoms with Gasteiger partial charge in [0.2, 0.25) is 0 Å². The van der Waals surface area contributed by atoms with Gasteiger partial charge in [-0.3, -0.25) is 0 Å². The summed E-state index contributed by atoms with van der Waals surface area (Å²) in [4.78, 5) is 11.6. The molecule has 1 aliphatic heterocycles. The molecule has 2 atom stereocenters. The molecule has 2 aromatic rings. The number of ether oxygens (including phenoxy) is 1. The molecule has 0 N–H and O–H groups in total. The summed E-state index contributed by atoms with van der Waals surface area (Å²) in [6.07, 6.45) is 0.358. The van der Waals surface area contributed by atoms with Crippen LogP contribution < -0.4 is 4.90 Å². The maximum absolute atomic E-state index is 5.83. The predicted molar refractivity (Wildman–Crippen MR) is 93.3 cm³/mol. The van der Waals surface area contributed by atoms with E-state index in [1.54, 1.807) is 4.68 Å². The highest BCUT2D eigenvalue weighted by Crippen LogP contribution is 2.29. The van der Waals surface area contributed by atoms with Crippen LogP contribution >= 0.6 is 15.9 Å². The van der Waals surface area contributed by atoms with E-state index in [1.165, 1.54) is 0 Å². The van der Waals surface area contributed by atoms with Crippen molar-refractivity contribution in [2.24, 2.45) is 0 Å². The van der Waals surface area contributed by atoms with Crippen molar-refractivity contribution < 1.29 is 4.74 Å². The van der Waals surface area contributed by atoms with Gasteiger partial charge in [0, 0.05) is 18.8 Å². The van der Waals surface area contributed by atoms with E-state index in [0.717, 1.165) is 40.5 Å². The Kier molecular flexibility index (Phi) is 4.42. The minimum atomic E-state index is 0.179. The van der Waals surface area contributed by atoms with E-state index in [2.05, 4.69) is 44.8 Å². The minimum absolute atomic E-state index is 0.179. The highest BCUT2D eigenvalue weighted by Gasteiger charge is 2.26. The minimum Gasteiger partial charge on any atom is -0.372 e. The van der Waals surface area contributed by atoms with Gasteiger partial charge in [0.05, 0.1) is 28.1 Å². The first-order valence-electron chi connectivity index (χ1n) is 7.83. The standard InChI is InChI=1S/C16H22BrN5O/c1-9-6-10(2)22(20-9)16-18-13(5)14(17)15(19-16)21-7-11(3)23-12(4)8-21/h6,11-12H,7-8H2,1-5H3/t11-,12-/m0/s1. The maximum Gasteiger partial charge on any atom is 0.253 e. The zero-order chi connectivity index (χ0) is 16.7. The Morgan fingerprint density at radius 3 is 2.35 bits per heavy atom. The highest BCUT2D eigenvalue weighted by molar-refractivity contribution is 9.10. The summed E-state index contributed by atoms with van der Waals surface area (Å²) in [7, 11) is 0. The van der Waals surface area contributed by atoms with Crippen molar-refractivity contribution in [3.63, 3.8) is 0 Å². The third kappa shape index (κ3) is 3.26. The van der Waals surface area contributed by atoms with Crippen molar-refractivity contribution in [2.45, 2.75) is 46.8 Å². The van der Waals surface area contributed by atoms with Crippen molar-refractivity contribution >= 4 is 21.7 Å². The first kappa shape index (κ1) is 16.4. The number of anilines is 1. The number of aryl methyl sites for hydroxylation is 3. The van der Waals surface area contributed by atoms with Crippen LogP contribution in [-0.2, 0) is 4.74 Å². The van der Waals surface area contributed by atoms with Crippen LogP contribution in [0.25, 0.3) is 5.95 Å². The van der Waals surface area contributed by atoms with Crippen molar-refractivity contribution in [3.8, 4) is 5.95 Å². The highest BCUT2D eigenvalue weighted by atomic mass is 79.9. The molecule has 0 amide bonds. The van der Waals surface area contributed by atoms with Crippen LogP contribution in [0, 0.1) is 20.8 Å². The fourth-order valence-electron chi connectivity index (χ4n) is 3.02. The average Bonchev–Trinajstić information content (AvgIpc) is 2.79. The van der Waals surface area contributed by atoms with Crippen LogP contribution in [0.4, 0.5) is 5.82 Å². The third-order valence-electron chi connectivity index (χ3n) is 3.91. The second kappa shape index (κ2) is 6.20. The Balaban J connectivity index is 2.05. The van der Waals surface area contributed by atoms with Crippen molar-refractivity contribution in [1.82, 2.24) is 19.7 Å². The van der Waals surface area contributed by atoms with Gasteiger partial charge in [-0.2, -0.15) is 10.1 Å². The Bertz CT molecular complexity index is 720. The van der Waals surface area contributed by atoms with Crippen LogP contribution in [0.15, 0.2) is 10.5 Å². The molecular weight excluding hydrogens is 358 g/mol. The molecule has 2 aromatic heterocycles. The largest absolute Gasteiger partial charge is 0.372 e. The Morgan fingerprint density at radius 1 is 1.13 bits per heavy atom. The van der Waals surface area contributed by atoms with Gasteiger partial charge in [-0.05, 0) is 56.6 Å². The van der Waals surface area contributed by atoms with E-state index >= 15 is 0 Å².